The minimum Gasteiger partial charge on any atom is -0.476 e. The maximum absolute atomic E-state index is 5.56. The van der Waals surface area contributed by atoms with E-state index in [1.54, 1.807) is 11.3 Å². The Morgan fingerprint density at radius 1 is 1.47 bits per heavy atom. The summed E-state index contributed by atoms with van der Waals surface area (Å²) in [7, 11) is 0. The molecule has 78 valence electrons. The van der Waals surface area contributed by atoms with Crippen molar-refractivity contribution in [3.8, 4) is 5.88 Å². The highest BCUT2D eigenvalue weighted by molar-refractivity contribution is 7.09. The van der Waals surface area contributed by atoms with Gasteiger partial charge in [0, 0.05) is 11.3 Å². The van der Waals surface area contributed by atoms with Crippen LogP contribution in [0, 0.1) is 0 Å². The summed E-state index contributed by atoms with van der Waals surface area (Å²) in [6.07, 6.45) is 2.31. The van der Waals surface area contributed by atoms with Crippen LogP contribution in [-0.4, -0.2) is 21.8 Å². The number of aromatic nitrogens is 3. The van der Waals surface area contributed by atoms with E-state index < -0.39 is 0 Å². The van der Waals surface area contributed by atoms with Gasteiger partial charge in [-0.1, -0.05) is 6.07 Å². The zero-order valence-corrected chi connectivity index (χ0v) is 9.33. The highest BCUT2D eigenvalue weighted by Gasteiger charge is 1.99. The van der Waals surface area contributed by atoms with Gasteiger partial charge in [0.05, 0.1) is 6.61 Å². The van der Waals surface area contributed by atoms with Crippen molar-refractivity contribution in [2.24, 2.45) is 0 Å². The predicted octanol–water partition coefficient (Wildman–Crippen LogP) is 2.21. The molecule has 0 aliphatic rings. The van der Waals surface area contributed by atoms with Crippen molar-refractivity contribution in [2.75, 3.05) is 6.61 Å². The first kappa shape index (κ1) is 10.3. The minimum absolute atomic E-state index is 0.101. The smallest absolute Gasteiger partial charge is 0.246 e. The first-order valence-electron chi connectivity index (χ1n) is 4.35. The van der Waals surface area contributed by atoms with Gasteiger partial charge < -0.3 is 4.74 Å². The van der Waals surface area contributed by atoms with Crippen LogP contribution in [0.5, 0.6) is 5.88 Å². The quantitative estimate of drug-likeness (QED) is 0.824. The molecule has 0 atom stereocenters. The van der Waals surface area contributed by atoms with Gasteiger partial charge in [0.1, 0.15) is 6.20 Å². The van der Waals surface area contributed by atoms with Gasteiger partial charge in [0.15, 0.2) is 0 Å². The van der Waals surface area contributed by atoms with Crippen LogP contribution in [0.2, 0.25) is 5.28 Å². The zero-order valence-electron chi connectivity index (χ0n) is 7.76. The van der Waals surface area contributed by atoms with Crippen molar-refractivity contribution in [3.63, 3.8) is 0 Å². The lowest BCUT2D eigenvalue weighted by molar-refractivity contribution is 0.308. The molecule has 0 spiro atoms. The number of nitrogens with zero attached hydrogens (tertiary/aromatic N) is 3. The molecule has 6 heteroatoms. The summed E-state index contributed by atoms with van der Waals surface area (Å²) in [5, 5.41) is 9.30. The highest BCUT2D eigenvalue weighted by Crippen LogP contribution is 2.11. The van der Waals surface area contributed by atoms with Crippen LogP contribution in [0.3, 0.4) is 0 Å². The Morgan fingerprint density at radius 2 is 2.40 bits per heavy atom. The van der Waals surface area contributed by atoms with E-state index in [0.29, 0.717) is 12.5 Å². The number of ether oxygens (including phenoxy) is 1. The summed E-state index contributed by atoms with van der Waals surface area (Å²) >= 11 is 7.27. The summed E-state index contributed by atoms with van der Waals surface area (Å²) < 4.78 is 5.37. The van der Waals surface area contributed by atoms with E-state index in [4.69, 9.17) is 16.3 Å². The molecule has 0 aliphatic carbocycles. The molecule has 0 bridgehead atoms. The molecule has 0 fully saturated rings. The topological polar surface area (TPSA) is 47.9 Å². The van der Waals surface area contributed by atoms with Crippen molar-refractivity contribution in [2.45, 2.75) is 6.42 Å². The molecule has 0 aromatic carbocycles. The second-order valence-electron chi connectivity index (χ2n) is 2.74. The molecule has 2 aromatic heterocycles. The van der Waals surface area contributed by atoms with Crippen LogP contribution < -0.4 is 4.74 Å². The summed E-state index contributed by atoms with van der Waals surface area (Å²) in [5.74, 6) is 0.409. The third-order valence-electron chi connectivity index (χ3n) is 1.69. The first-order chi connectivity index (χ1) is 7.34. The van der Waals surface area contributed by atoms with Crippen LogP contribution in [0.1, 0.15) is 4.88 Å². The third kappa shape index (κ3) is 3.14. The van der Waals surface area contributed by atoms with E-state index in [2.05, 4.69) is 21.2 Å². The molecule has 0 amide bonds. The van der Waals surface area contributed by atoms with E-state index in [9.17, 15) is 0 Å². The van der Waals surface area contributed by atoms with Crippen molar-refractivity contribution in [1.82, 2.24) is 15.2 Å². The van der Waals surface area contributed by atoms with Crippen molar-refractivity contribution in [1.29, 1.82) is 0 Å². The summed E-state index contributed by atoms with van der Waals surface area (Å²) in [5.41, 5.74) is 0. The Bertz CT molecular complexity index is 421. The molecule has 0 N–H and O–H groups in total. The molecule has 15 heavy (non-hydrogen) atoms. The van der Waals surface area contributed by atoms with E-state index in [1.165, 1.54) is 11.1 Å². The number of rotatable bonds is 4. The summed E-state index contributed by atoms with van der Waals surface area (Å²) in [6, 6.07) is 4.09. The van der Waals surface area contributed by atoms with Crippen LogP contribution in [0.15, 0.2) is 23.7 Å². The van der Waals surface area contributed by atoms with Crippen LogP contribution in [0.4, 0.5) is 0 Å². The number of thiophene rings is 1. The van der Waals surface area contributed by atoms with Gasteiger partial charge in [-0.15, -0.1) is 16.4 Å². The molecule has 2 aromatic rings. The van der Waals surface area contributed by atoms with Gasteiger partial charge in [0.25, 0.3) is 0 Å². The average Bonchev–Trinajstić information content (AvgIpc) is 2.71. The molecule has 0 aliphatic heterocycles. The molecule has 0 radical (unpaired) electrons. The van der Waals surface area contributed by atoms with Crippen molar-refractivity contribution in [3.05, 3.63) is 33.9 Å². The molecule has 0 unspecified atom stereocenters. The van der Waals surface area contributed by atoms with Gasteiger partial charge in [-0.25, -0.2) is 0 Å². The Kier molecular flexibility index (Phi) is 3.47. The minimum atomic E-state index is 0.101. The fourth-order valence-corrected chi connectivity index (χ4v) is 1.87. The average molecular weight is 242 g/mol. The second kappa shape index (κ2) is 5.04. The highest BCUT2D eigenvalue weighted by atomic mass is 35.5. The van der Waals surface area contributed by atoms with Gasteiger partial charge in [0.2, 0.25) is 11.2 Å². The second-order valence-corrected chi connectivity index (χ2v) is 4.11. The SMILES string of the molecule is Clc1nncc(OCCc2cccs2)n1. The van der Waals surface area contributed by atoms with Crippen LogP contribution in [-0.2, 0) is 6.42 Å². The standard InChI is InChI=1S/C9H8ClN3OS/c10-9-12-8(6-11-13-9)14-4-3-7-2-1-5-15-7/h1-2,5-6H,3-4H2. The normalized spacial score (nSPS) is 10.2. The molecular weight excluding hydrogens is 234 g/mol. The van der Waals surface area contributed by atoms with Gasteiger partial charge in [-0.2, -0.15) is 10.1 Å². The Balaban J connectivity index is 1.83. The van der Waals surface area contributed by atoms with Gasteiger partial charge in [-0.3, -0.25) is 0 Å². The molecule has 2 heterocycles. The number of hydrogen-bond donors (Lipinski definition) is 0. The Hall–Kier alpha value is -1.20. The van der Waals surface area contributed by atoms with Crippen LogP contribution in [0.25, 0.3) is 0 Å². The molecule has 2 rings (SSSR count). The third-order valence-corrected chi connectivity index (χ3v) is 2.79. The van der Waals surface area contributed by atoms with Gasteiger partial charge >= 0.3 is 0 Å². The molecular formula is C9H8ClN3OS. The van der Waals surface area contributed by atoms with E-state index >= 15 is 0 Å². The van der Waals surface area contributed by atoms with Gasteiger partial charge in [-0.05, 0) is 23.0 Å². The largest absolute Gasteiger partial charge is 0.476 e. The molecule has 0 saturated carbocycles. The monoisotopic (exact) mass is 241 g/mol. The molecule has 4 nitrogen and oxygen atoms in total. The lowest BCUT2D eigenvalue weighted by Gasteiger charge is -2.02. The Labute approximate surface area is 95.9 Å². The fourth-order valence-electron chi connectivity index (χ4n) is 1.05. The number of halogens is 1. The summed E-state index contributed by atoms with van der Waals surface area (Å²) in [6.45, 7) is 0.565. The first-order valence-corrected chi connectivity index (χ1v) is 5.61. The maximum Gasteiger partial charge on any atom is 0.246 e. The fraction of sp³-hybridized carbons (Fsp3) is 0.222. The molecule has 0 saturated heterocycles. The zero-order chi connectivity index (χ0) is 10.5. The lowest BCUT2D eigenvalue weighted by Crippen LogP contribution is -2.02. The maximum atomic E-state index is 5.56. The van der Waals surface area contributed by atoms with Crippen molar-refractivity contribution >= 4 is 22.9 Å². The number of hydrogen-bond acceptors (Lipinski definition) is 5. The lowest BCUT2D eigenvalue weighted by atomic mass is 10.4. The van der Waals surface area contributed by atoms with E-state index in [0.717, 1.165) is 6.42 Å². The van der Waals surface area contributed by atoms with E-state index in [1.807, 2.05) is 11.4 Å². The predicted molar refractivity (Wildman–Crippen MR) is 58.4 cm³/mol. The summed E-state index contributed by atoms with van der Waals surface area (Å²) in [4.78, 5) is 5.15. The Morgan fingerprint density at radius 3 is 3.13 bits per heavy atom. The van der Waals surface area contributed by atoms with E-state index in [-0.39, 0.29) is 5.28 Å². The van der Waals surface area contributed by atoms with Crippen molar-refractivity contribution < 1.29 is 4.74 Å². The van der Waals surface area contributed by atoms with Crippen LogP contribution >= 0.6 is 22.9 Å².